The summed E-state index contributed by atoms with van der Waals surface area (Å²) in [5, 5.41) is 9.13. The molecule has 1 aromatic rings. The Morgan fingerprint density at radius 1 is 1.62 bits per heavy atom. The van der Waals surface area contributed by atoms with Gasteiger partial charge < -0.3 is 4.74 Å². The van der Waals surface area contributed by atoms with E-state index in [9.17, 15) is 4.79 Å². The number of carbonyl (C=O) groups is 1. The molecule has 0 aliphatic heterocycles. The summed E-state index contributed by atoms with van der Waals surface area (Å²) >= 11 is 9.12. The summed E-state index contributed by atoms with van der Waals surface area (Å²) in [5.41, 5.74) is 1.09. The third kappa shape index (κ3) is 3.22. The van der Waals surface area contributed by atoms with E-state index in [1.165, 1.54) is 0 Å². The van der Waals surface area contributed by atoms with Crippen molar-refractivity contribution in [2.75, 3.05) is 6.61 Å². The van der Waals surface area contributed by atoms with Crippen LogP contribution in [-0.4, -0.2) is 12.6 Å². The number of nitrogens with zero attached hydrogens (tertiary/aromatic N) is 1. The van der Waals surface area contributed by atoms with E-state index in [4.69, 9.17) is 21.6 Å². The summed E-state index contributed by atoms with van der Waals surface area (Å²) in [4.78, 5) is 11.2. The lowest BCUT2D eigenvalue weighted by atomic mass is 10.1. The molecule has 0 heterocycles. The van der Waals surface area contributed by atoms with Gasteiger partial charge in [0.05, 0.1) is 23.6 Å². The van der Waals surface area contributed by atoms with Crippen LogP contribution in [0.5, 0.6) is 0 Å². The minimum Gasteiger partial charge on any atom is -0.466 e. The van der Waals surface area contributed by atoms with Crippen LogP contribution in [0.3, 0.4) is 0 Å². The molecule has 0 aliphatic rings. The number of rotatable bonds is 3. The first kappa shape index (κ1) is 13.0. The normalized spacial score (nSPS) is 9.62. The van der Waals surface area contributed by atoms with E-state index in [1.54, 1.807) is 19.1 Å². The standard InChI is InChI=1S/C11H9BrClNO2/c1-2-16-11(15)5-7-3-9(12)8(6-14)10(13)4-7/h3-4H,2,5H2,1H3. The van der Waals surface area contributed by atoms with Crippen molar-refractivity contribution in [2.24, 2.45) is 0 Å². The molecule has 1 rings (SSSR count). The highest BCUT2D eigenvalue weighted by Gasteiger charge is 2.10. The van der Waals surface area contributed by atoms with Crippen molar-refractivity contribution in [1.29, 1.82) is 5.26 Å². The van der Waals surface area contributed by atoms with Crippen molar-refractivity contribution < 1.29 is 9.53 Å². The van der Waals surface area contributed by atoms with Crippen molar-refractivity contribution >= 4 is 33.5 Å². The van der Waals surface area contributed by atoms with Gasteiger partial charge in [-0.25, -0.2) is 0 Å². The van der Waals surface area contributed by atoms with Gasteiger partial charge in [-0.3, -0.25) is 4.79 Å². The molecule has 3 nitrogen and oxygen atoms in total. The van der Waals surface area contributed by atoms with Gasteiger partial charge in [0, 0.05) is 4.47 Å². The minimum absolute atomic E-state index is 0.151. The van der Waals surface area contributed by atoms with Crippen LogP contribution in [0.1, 0.15) is 18.1 Å². The summed E-state index contributed by atoms with van der Waals surface area (Å²) in [6.45, 7) is 2.10. The lowest BCUT2D eigenvalue weighted by Gasteiger charge is -2.05. The van der Waals surface area contributed by atoms with E-state index < -0.39 is 0 Å². The highest BCUT2D eigenvalue weighted by molar-refractivity contribution is 9.10. The summed E-state index contributed by atoms with van der Waals surface area (Å²) in [6, 6.07) is 5.27. The second-order valence-corrected chi connectivity index (χ2v) is 4.29. The van der Waals surface area contributed by atoms with Crippen LogP contribution in [0.15, 0.2) is 16.6 Å². The quantitative estimate of drug-likeness (QED) is 0.806. The van der Waals surface area contributed by atoms with Crippen molar-refractivity contribution in [3.63, 3.8) is 0 Å². The first-order valence-corrected chi connectivity index (χ1v) is 5.79. The zero-order chi connectivity index (χ0) is 12.1. The van der Waals surface area contributed by atoms with E-state index >= 15 is 0 Å². The Hall–Kier alpha value is -1.05. The van der Waals surface area contributed by atoms with Gasteiger partial charge >= 0.3 is 5.97 Å². The zero-order valence-electron chi connectivity index (χ0n) is 8.59. The molecule has 16 heavy (non-hydrogen) atoms. The van der Waals surface area contributed by atoms with Gasteiger partial charge in [0.25, 0.3) is 0 Å². The topological polar surface area (TPSA) is 50.1 Å². The van der Waals surface area contributed by atoms with Crippen LogP contribution in [0, 0.1) is 11.3 Å². The maximum Gasteiger partial charge on any atom is 0.310 e. The van der Waals surface area contributed by atoms with E-state index in [1.807, 2.05) is 6.07 Å². The van der Waals surface area contributed by atoms with Crippen LogP contribution in [0.2, 0.25) is 5.02 Å². The summed E-state index contributed by atoms with van der Waals surface area (Å²) in [5.74, 6) is -0.310. The van der Waals surface area contributed by atoms with Crippen molar-refractivity contribution in [3.05, 3.63) is 32.8 Å². The van der Waals surface area contributed by atoms with Crippen LogP contribution in [0.25, 0.3) is 0 Å². The molecule has 0 saturated carbocycles. The number of nitriles is 1. The molecule has 0 bridgehead atoms. The van der Waals surface area contributed by atoms with Gasteiger partial charge in [-0.2, -0.15) is 5.26 Å². The predicted octanol–water partition coefficient (Wildman–Crippen LogP) is 3.08. The third-order valence-electron chi connectivity index (χ3n) is 1.87. The van der Waals surface area contributed by atoms with Gasteiger partial charge in [-0.15, -0.1) is 0 Å². The lowest BCUT2D eigenvalue weighted by molar-refractivity contribution is -0.142. The molecule has 0 aromatic heterocycles. The average molecular weight is 303 g/mol. The Morgan fingerprint density at radius 2 is 2.31 bits per heavy atom. The number of benzene rings is 1. The molecule has 84 valence electrons. The zero-order valence-corrected chi connectivity index (χ0v) is 10.9. The van der Waals surface area contributed by atoms with Crippen LogP contribution in [0.4, 0.5) is 0 Å². The molecule has 0 unspecified atom stereocenters. The number of carbonyl (C=O) groups excluding carboxylic acids is 1. The van der Waals surface area contributed by atoms with E-state index in [0.717, 1.165) is 0 Å². The number of esters is 1. The highest BCUT2D eigenvalue weighted by Crippen LogP contribution is 2.26. The van der Waals surface area contributed by atoms with Crippen molar-refractivity contribution in [1.82, 2.24) is 0 Å². The van der Waals surface area contributed by atoms with Crippen LogP contribution in [-0.2, 0) is 16.0 Å². The molecule has 0 amide bonds. The van der Waals surface area contributed by atoms with E-state index in [2.05, 4.69) is 15.9 Å². The Balaban J connectivity index is 2.93. The lowest BCUT2D eigenvalue weighted by Crippen LogP contribution is -2.07. The predicted molar refractivity (Wildman–Crippen MR) is 64.2 cm³/mol. The second kappa shape index (κ2) is 5.88. The first-order chi connectivity index (χ1) is 7.58. The molecule has 0 radical (unpaired) electrons. The fraction of sp³-hybridized carbons (Fsp3) is 0.273. The Kier molecular flexibility index (Phi) is 4.78. The fourth-order valence-electron chi connectivity index (χ4n) is 1.21. The van der Waals surface area contributed by atoms with Gasteiger partial charge in [0.2, 0.25) is 0 Å². The molecular weight excluding hydrogens is 293 g/mol. The molecule has 0 spiro atoms. The maximum absolute atomic E-state index is 11.2. The Morgan fingerprint density at radius 3 is 2.81 bits per heavy atom. The molecule has 1 aromatic carbocycles. The highest BCUT2D eigenvalue weighted by atomic mass is 79.9. The number of halogens is 2. The summed E-state index contributed by atoms with van der Waals surface area (Å²) in [7, 11) is 0. The summed E-state index contributed by atoms with van der Waals surface area (Å²) in [6.07, 6.45) is 0.151. The molecule has 5 heteroatoms. The van der Waals surface area contributed by atoms with Crippen molar-refractivity contribution in [2.45, 2.75) is 13.3 Å². The number of ether oxygens (including phenoxy) is 1. The first-order valence-electron chi connectivity index (χ1n) is 4.62. The van der Waals surface area contributed by atoms with E-state index in [-0.39, 0.29) is 12.4 Å². The fourth-order valence-corrected chi connectivity index (χ4v) is 2.21. The molecule has 0 N–H and O–H groups in total. The number of hydrogen-bond donors (Lipinski definition) is 0. The van der Waals surface area contributed by atoms with Crippen molar-refractivity contribution in [3.8, 4) is 6.07 Å². The van der Waals surface area contributed by atoms with Gasteiger partial charge in [-0.05, 0) is 40.5 Å². The smallest absolute Gasteiger partial charge is 0.310 e. The van der Waals surface area contributed by atoms with Crippen LogP contribution < -0.4 is 0 Å². The minimum atomic E-state index is -0.310. The van der Waals surface area contributed by atoms with Gasteiger partial charge in [-0.1, -0.05) is 11.6 Å². The molecule has 0 aliphatic carbocycles. The maximum atomic E-state index is 11.2. The molecule has 0 fully saturated rings. The SMILES string of the molecule is CCOC(=O)Cc1cc(Cl)c(C#N)c(Br)c1. The van der Waals surface area contributed by atoms with E-state index in [0.29, 0.717) is 27.2 Å². The molecule has 0 saturated heterocycles. The van der Waals surface area contributed by atoms with Gasteiger partial charge in [0.15, 0.2) is 0 Å². The molecule has 0 atom stereocenters. The average Bonchev–Trinajstić information content (AvgIpc) is 2.17. The van der Waals surface area contributed by atoms with Gasteiger partial charge in [0.1, 0.15) is 6.07 Å². The number of hydrogen-bond acceptors (Lipinski definition) is 3. The Bertz CT molecular complexity index is 431. The van der Waals surface area contributed by atoms with Crippen LogP contribution >= 0.6 is 27.5 Å². The Labute approximate surface area is 107 Å². The third-order valence-corrected chi connectivity index (χ3v) is 2.79. The second-order valence-electron chi connectivity index (χ2n) is 3.03. The largest absolute Gasteiger partial charge is 0.466 e. The molecular formula is C11H9BrClNO2. The summed E-state index contributed by atoms with van der Waals surface area (Å²) < 4.78 is 5.40. The monoisotopic (exact) mass is 301 g/mol.